The van der Waals surface area contributed by atoms with Crippen molar-refractivity contribution in [3.63, 3.8) is 0 Å². The van der Waals surface area contributed by atoms with Crippen LogP contribution in [-0.4, -0.2) is 23.3 Å². The van der Waals surface area contributed by atoms with Gasteiger partial charge >= 0.3 is 12.1 Å². The molecular formula is C14H15F4NO2. The van der Waals surface area contributed by atoms with Gasteiger partial charge in [0.25, 0.3) is 0 Å². The van der Waals surface area contributed by atoms with Gasteiger partial charge in [0.15, 0.2) is 0 Å². The zero-order valence-electron chi connectivity index (χ0n) is 11.1. The largest absolute Gasteiger partial charge is 0.478 e. The van der Waals surface area contributed by atoms with E-state index in [1.54, 1.807) is 0 Å². The van der Waals surface area contributed by atoms with Gasteiger partial charge < -0.3 is 10.4 Å². The van der Waals surface area contributed by atoms with Gasteiger partial charge in [-0.05, 0) is 43.9 Å². The Balaban J connectivity index is 1.98. The van der Waals surface area contributed by atoms with E-state index in [4.69, 9.17) is 5.11 Å². The zero-order valence-corrected chi connectivity index (χ0v) is 11.1. The van der Waals surface area contributed by atoms with E-state index in [1.165, 1.54) is 6.07 Å². The molecule has 1 saturated carbocycles. The second kappa shape index (κ2) is 5.91. The maximum Gasteiger partial charge on any atom is 0.391 e. The Kier molecular flexibility index (Phi) is 4.39. The number of aromatic carboxylic acids is 1. The van der Waals surface area contributed by atoms with Crippen LogP contribution in [-0.2, 0) is 0 Å². The SMILES string of the molecule is O=C(O)c1cc(NC2CCC(C(F)(F)F)CC2)ccc1F. The van der Waals surface area contributed by atoms with E-state index >= 15 is 0 Å². The molecule has 3 nitrogen and oxygen atoms in total. The van der Waals surface area contributed by atoms with Gasteiger partial charge in [-0.1, -0.05) is 0 Å². The summed E-state index contributed by atoms with van der Waals surface area (Å²) in [6, 6.07) is 3.42. The van der Waals surface area contributed by atoms with E-state index in [1.807, 2.05) is 0 Å². The summed E-state index contributed by atoms with van der Waals surface area (Å²) >= 11 is 0. The molecule has 0 spiro atoms. The van der Waals surface area contributed by atoms with Gasteiger partial charge in [-0.25, -0.2) is 9.18 Å². The van der Waals surface area contributed by atoms with Crippen molar-refractivity contribution in [2.45, 2.75) is 37.9 Å². The van der Waals surface area contributed by atoms with Crippen molar-refractivity contribution in [3.05, 3.63) is 29.6 Å². The molecule has 0 aromatic heterocycles. The van der Waals surface area contributed by atoms with E-state index in [-0.39, 0.29) is 18.9 Å². The van der Waals surface area contributed by atoms with Crippen LogP contribution in [0.15, 0.2) is 18.2 Å². The number of alkyl halides is 3. The van der Waals surface area contributed by atoms with Gasteiger partial charge in [-0.2, -0.15) is 13.2 Å². The molecule has 0 amide bonds. The van der Waals surface area contributed by atoms with Crippen LogP contribution in [0.5, 0.6) is 0 Å². The summed E-state index contributed by atoms with van der Waals surface area (Å²) < 4.78 is 50.9. The first-order valence-corrected chi connectivity index (χ1v) is 6.63. The number of rotatable bonds is 3. The number of hydrogen-bond acceptors (Lipinski definition) is 2. The van der Waals surface area contributed by atoms with Crippen LogP contribution in [0.4, 0.5) is 23.2 Å². The van der Waals surface area contributed by atoms with Crippen molar-refractivity contribution in [1.82, 2.24) is 0 Å². The number of hydrogen-bond donors (Lipinski definition) is 2. The van der Waals surface area contributed by atoms with Crippen molar-refractivity contribution >= 4 is 11.7 Å². The number of anilines is 1. The summed E-state index contributed by atoms with van der Waals surface area (Å²) in [6.45, 7) is 0. The summed E-state index contributed by atoms with van der Waals surface area (Å²) in [5.41, 5.74) is -0.0479. The quantitative estimate of drug-likeness (QED) is 0.828. The van der Waals surface area contributed by atoms with Crippen LogP contribution in [0.25, 0.3) is 0 Å². The molecule has 2 N–H and O–H groups in total. The molecule has 0 heterocycles. The Morgan fingerprint density at radius 2 is 1.81 bits per heavy atom. The smallest absolute Gasteiger partial charge is 0.391 e. The summed E-state index contributed by atoms with van der Waals surface area (Å²) in [4.78, 5) is 10.8. The number of carbonyl (C=O) groups is 1. The van der Waals surface area contributed by atoms with Crippen LogP contribution in [0, 0.1) is 11.7 Å². The standard InChI is InChI=1S/C14H15F4NO2/c15-12-6-5-10(7-11(12)13(20)21)19-9-3-1-8(2-4-9)14(16,17)18/h5-9,19H,1-4H2,(H,20,21). The van der Waals surface area contributed by atoms with Gasteiger partial charge in [0.05, 0.1) is 11.5 Å². The molecule has 0 aliphatic heterocycles. The van der Waals surface area contributed by atoms with Gasteiger partial charge in [-0.3, -0.25) is 0 Å². The van der Waals surface area contributed by atoms with Crippen molar-refractivity contribution < 1.29 is 27.5 Å². The van der Waals surface area contributed by atoms with Gasteiger partial charge in [0, 0.05) is 11.7 Å². The summed E-state index contributed by atoms with van der Waals surface area (Å²) in [7, 11) is 0. The van der Waals surface area contributed by atoms with Gasteiger partial charge in [-0.15, -0.1) is 0 Å². The van der Waals surface area contributed by atoms with Crippen LogP contribution < -0.4 is 5.32 Å². The Hall–Kier alpha value is -1.79. The number of carboxylic acid groups (broad SMARTS) is 1. The molecule has 1 aromatic rings. The summed E-state index contributed by atoms with van der Waals surface area (Å²) in [5.74, 6) is -3.48. The first-order chi connectivity index (χ1) is 9.77. The lowest BCUT2D eigenvalue weighted by Gasteiger charge is -2.30. The van der Waals surface area contributed by atoms with E-state index < -0.39 is 29.4 Å². The third-order valence-corrected chi connectivity index (χ3v) is 3.76. The molecule has 1 aliphatic rings. The lowest BCUT2D eigenvalue weighted by atomic mass is 9.85. The maximum absolute atomic E-state index is 13.2. The third kappa shape index (κ3) is 3.86. The minimum atomic E-state index is -4.16. The van der Waals surface area contributed by atoms with E-state index in [0.717, 1.165) is 12.1 Å². The minimum Gasteiger partial charge on any atom is -0.478 e. The first-order valence-electron chi connectivity index (χ1n) is 6.63. The maximum atomic E-state index is 13.2. The monoisotopic (exact) mass is 305 g/mol. The van der Waals surface area contributed by atoms with Crippen LogP contribution >= 0.6 is 0 Å². The summed E-state index contributed by atoms with van der Waals surface area (Å²) in [5, 5.41) is 11.8. The van der Waals surface area contributed by atoms with Crippen molar-refractivity contribution in [2.75, 3.05) is 5.32 Å². The first kappa shape index (κ1) is 15.6. The normalized spacial score (nSPS) is 22.9. The van der Waals surface area contributed by atoms with Crippen LogP contribution in [0.2, 0.25) is 0 Å². The van der Waals surface area contributed by atoms with Gasteiger partial charge in [0.1, 0.15) is 5.82 Å². The number of nitrogens with one attached hydrogen (secondary N) is 1. The Labute approximate surface area is 119 Å². The molecule has 0 saturated heterocycles. The van der Waals surface area contributed by atoms with Gasteiger partial charge in [0.2, 0.25) is 0 Å². The Morgan fingerprint density at radius 1 is 1.19 bits per heavy atom. The molecular weight excluding hydrogens is 290 g/mol. The highest BCUT2D eigenvalue weighted by atomic mass is 19.4. The number of halogens is 4. The molecule has 7 heteroatoms. The fraction of sp³-hybridized carbons (Fsp3) is 0.500. The topological polar surface area (TPSA) is 49.3 Å². The van der Waals surface area contributed by atoms with Crippen molar-refractivity contribution in [3.8, 4) is 0 Å². The molecule has 0 atom stereocenters. The lowest BCUT2D eigenvalue weighted by molar-refractivity contribution is -0.182. The minimum absolute atomic E-state index is 0.0498. The highest BCUT2D eigenvalue weighted by molar-refractivity contribution is 5.89. The second-order valence-electron chi connectivity index (χ2n) is 5.23. The molecule has 21 heavy (non-hydrogen) atoms. The predicted octanol–water partition coefficient (Wildman–Crippen LogP) is 4.06. The lowest BCUT2D eigenvalue weighted by Crippen LogP contribution is -2.32. The Bertz CT molecular complexity index is 522. The number of carboxylic acids is 1. The predicted molar refractivity (Wildman–Crippen MR) is 68.8 cm³/mol. The molecule has 1 aromatic carbocycles. The van der Waals surface area contributed by atoms with Crippen molar-refractivity contribution in [2.24, 2.45) is 5.92 Å². The van der Waals surface area contributed by atoms with E-state index in [0.29, 0.717) is 18.5 Å². The average molecular weight is 305 g/mol. The molecule has 0 radical (unpaired) electrons. The highest BCUT2D eigenvalue weighted by Crippen LogP contribution is 2.38. The third-order valence-electron chi connectivity index (χ3n) is 3.76. The average Bonchev–Trinajstić information content (AvgIpc) is 2.40. The second-order valence-corrected chi connectivity index (χ2v) is 5.23. The molecule has 1 aliphatic carbocycles. The molecule has 0 unspecified atom stereocenters. The molecule has 1 fully saturated rings. The van der Waals surface area contributed by atoms with Crippen molar-refractivity contribution in [1.29, 1.82) is 0 Å². The fourth-order valence-corrected chi connectivity index (χ4v) is 2.58. The number of benzene rings is 1. The van der Waals surface area contributed by atoms with Crippen LogP contribution in [0.3, 0.4) is 0 Å². The summed E-state index contributed by atoms with van der Waals surface area (Å²) in [6.07, 6.45) is -3.35. The highest BCUT2D eigenvalue weighted by Gasteiger charge is 2.41. The van der Waals surface area contributed by atoms with E-state index in [2.05, 4.69) is 5.32 Å². The van der Waals surface area contributed by atoms with Crippen LogP contribution in [0.1, 0.15) is 36.0 Å². The molecule has 2 rings (SSSR count). The molecule has 116 valence electrons. The molecule has 0 bridgehead atoms. The zero-order chi connectivity index (χ0) is 15.6. The van der Waals surface area contributed by atoms with E-state index in [9.17, 15) is 22.4 Å². The fourth-order valence-electron chi connectivity index (χ4n) is 2.58. The Morgan fingerprint density at radius 3 is 2.33 bits per heavy atom.